The molecule has 6 nitrogen and oxygen atoms in total. The van der Waals surface area contributed by atoms with Crippen LogP contribution in [0.2, 0.25) is 0 Å². The Hall–Kier alpha value is -2.28. The molecule has 1 aliphatic heterocycles. The van der Waals surface area contributed by atoms with E-state index in [1.54, 1.807) is 23.7 Å². The van der Waals surface area contributed by atoms with Crippen LogP contribution in [0.3, 0.4) is 0 Å². The molecule has 4 rings (SSSR count). The first kappa shape index (κ1) is 16.2. The van der Waals surface area contributed by atoms with Crippen molar-refractivity contribution in [3.63, 3.8) is 0 Å². The van der Waals surface area contributed by atoms with Crippen molar-refractivity contribution in [1.29, 1.82) is 0 Å². The van der Waals surface area contributed by atoms with Crippen molar-refractivity contribution in [2.24, 2.45) is 5.92 Å². The largest absolute Gasteiger partial charge is 0.349 e. The van der Waals surface area contributed by atoms with Crippen molar-refractivity contribution < 1.29 is 9.18 Å². The van der Waals surface area contributed by atoms with Crippen LogP contribution in [0.25, 0.3) is 5.69 Å². The van der Waals surface area contributed by atoms with Crippen molar-refractivity contribution in [2.45, 2.75) is 32.2 Å². The van der Waals surface area contributed by atoms with Gasteiger partial charge in [-0.05, 0) is 62.9 Å². The monoisotopic (exact) mass is 343 g/mol. The van der Waals surface area contributed by atoms with Crippen LogP contribution in [0.1, 0.15) is 35.7 Å². The van der Waals surface area contributed by atoms with Crippen LogP contribution in [0.5, 0.6) is 0 Å². The summed E-state index contributed by atoms with van der Waals surface area (Å²) in [4.78, 5) is 19.1. The van der Waals surface area contributed by atoms with E-state index < -0.39 is 0 Å². The lowest BCUT2D eigenvalue weighted by atomic mass is 10.1. The highest BCUT2D eigenvalue weighted by atomic mass is 19.1. The van der Waals surface area contributed by atoms with Gasteiger partial charge in [0, 0.05) is 19.1 Å². The Labute approximate surface area is 146 Å². The number of aromatic nitrogens is 3. The highest BCUT2D eigenvalue weighted by Gasteiger charge is 2.34. The van der Waals surface area contributed by atoms with Crippen molar-refractivity contribution in [3.05, 3.63) is 41.7 Å². The van der Waals surface area contributed by atoms with Gasteiger partial charge in [-0.3, -0.25) is 4.79 Å². The number of nitrogens with one attached hydrogen (secondary N) is 1. The van der Waals surface area contributed by atoms with Gasteiger partial charge in [0.1, 0.15) is 11.6 Å². The Kier molecular flexibility index (Phi) is 4.25. The fraction of sp³-hybridized carbons (Fsp3) is 0.500. The lowest BCUT2D eigenvalue weighted by Gasteiger charge is -2.14. The van der Waals surface area contributed by atoms with Crippen molar-refractivity contribution >= 4 is 5.91 Å². The van der Waals surface area contributed by atoms with Crippen LogP contribution in [-0.4, -0.2) is 51.2 Å². The summed E-state index contributed by atoms with van der Waals surface area (Å²) in [7, 11) is 0. The molecular formula is C18H22FN5O. The third kappa shape index (κ3) is 3.56. The van der Waals surface area contributed by atoms with Crippen LogP contribution < -0.4 is 5.32 Å². The number of hydrogen-bond donors (Lipinski definition) is 1. The molecule has 1 aromatic carbocycles. The average molecular weight is 343 g/mol. The summed E-state index contributed by atoms with van der Waals surface area (Å²) in [6, 6.07) is 6.74. The van der Waals surface area contributed by atoms with E-state index in [9.17, 15) is 9.18 Å². The lowest BCUT2D eigenvalue weighted by Crippen LogP contribution is -2.32. The summed E-state index contributed by atoms with van der Waals surface area (Å²) < 4.78 is 14.6. The second-order valence-electron chi connectivity index (χ2n) is 6.96. The highest BCUT2D eigenvalue weighted by molar-refractivity contribution is 5.90. The SMILES string of the molecule is Cc1nc(C(=O)NC[C@H]2CCN(C3CC3)C2)nn1-c1ccc(F)cc1. The molecule has 2 heterocycles. The number of benzene rings is 1. The molecule has 1 saturated carbocycles. The predicted molar refractivity (Wildman–Crippen MR) is 91.1 cm³/mol. The Morgan fingerprint density at radius 2 is 2.04 bits per heavy atom. The predicted octanol–water partition coefficient (Wildman–Crippen LogP) is 1.93. The number of amides is 1. The zero-order valence-corrected chi connectivity index (χ0v) is 14.3. The normalized spacial score (nSPS) is 20.8. The molecule has 0 spiro atoms. The molecule has 7 heteroatoms. The average Bonchev–Trinajstić information content (AvgIpc) is 3.22. The number of rotatable bonds is 5. The van der Waals surface area contributed by atoms with E-state index in [2.05, 4.69) is 20.3 Å². The maximum absolute atomic E-state index is 13.1. The summed E-state index contributed by atoms with van der Waals surface area (Å²) >= 11 is 0. The molecule has 1 amide bonds. The van der Waals surface area contributed by atoms with E-state index in [-0.39, 0.29) is 17.5 Å². The number of nitrogens with zero attached hydrogens (tertiary/aromatic N) is 4. The summed E-state index contributed by atoms with van der Waals surface area (Å²) in [5.41, 5.74) is 0.682. The first-order valence-corrected chi connectivity index (χ1v) is 8.82. The minimum absolute atomic E-state index is 0.152. The molecule has 1 saturated heterocycles. The molecule has 2 fully saturated rings. The number of carbonyl (C=O) groups excluding carboxylic acids is 1. The second kappa shape index (κ2) is 6.55. The van der Waals surface area contributed by atoms with Crippen LogP contribution in [0.15, 0.2) is 24.3 Å². The fourth-order valence-corrected chi connectivity index (χ4v) is 3.43. The molecule has 132 valence electrons. The van der Waals surface area contributed by atoms with Crippen LogP contribution in [0.4, 0.5) is 4.39 Å². The fourth-order valence-electron chi connectivity index (χ4n) is 3.43. The minimum atomic E-state index is -0.309. The maximum atomic E-state index is 13.1. The van der Waals surface area contributed by atoms with E-state index in [1.165, 1.54) is 25.0 Å². The van der Waals surface area contributed by atoms with Crippen LogP contribution in [0, 0.1) is 18.7 Å². The summed E-state index contributed by atoms with van der Waals surface area (Å²) in [6.07, 6.45) is 3.78. The van der Waals surface area contributed by atoms with E-state index in [0.717, 1.165) is 25.6 Å². The van der Waals surface area contributed by atoms with E-state index in [4.69, 9.17) is 0 Å². The molecule has 0 radical (unpaired) electrons. The smallest absolute Gasteiger partial charge is 0.290 e. The van der Waals surface area contributed by atoms with E-state index in [1.807, 2.05) is 0 Å². The first-order chi connectivity index (χ1) is 12.1. The quantitative estimate of drug-likeness (QED) is 0.901. The summed E-state index contributed by atoms with van der Waals surface area (Å²) in [5.74, 6) is 0.686. The summed E-state index contributed by atoms with van der Waals surface area (Å²) in [6.45, 7) is 4.65. The third-order valence-corrected chi connectivity index (χ3v) is 4.98. The standard InChI is InChI=1S/C18H22FN5O/c1-12-21-17(22-24(12)16-4-2-14(19)3-5-16)18(25)20-10-13-8-9-23(11-13)15-6-7-15/h2-5,13,15H,6-11H2,1H3,(H,20,25)/t13-/m1/s1. The third-order valence-electron chi connectivity index (χ3n) is 4.98. The van der Waals surface area contributed by atoms with E-state index >= 15 is 0 Å². The van der Waals surface area contributed by atoms with Crippen molar-refractivity contribution in [3.8, 4) is 5.69 Å². The van der Waals surface area contributed by atoms with Gasteiger partial charge < -0.3 is 10.2 Å². The van der Waals surface area contributed by atoms with Gasteiger partial charge in [0.15, 0.2) is 0 Å². The zero-order chi connectivity index (χ0) is 17.4. The Morgan fingerprint density at radius 1 is 1.28 bits per heavy atom. The van der Waals surface area contributed by atoms with Gasteiger partial charge >= 0.3 is 0 Å². The molecule has 1 N–H and O–H groups in total. The topological polar surface area (TPSA) is 63.1 Å². The number of carbonyl (C=O) groups is 1. The Balaban J connectivity index is 1.37. The zero-order valence-electron chi connectivity index (χ0n) is 14.3. The van der Waals surface area contributed by atoms with Gasteiger partial charge in [-0.15, -0.1) is 5.10 Å². The molecule has 2 aromatic rings. The number of halogens is 1. The molecule has 0 bridgehead atoms. The molecule has 1 atom stereocenters. The Bertz CT molecular complexity index is 768. The molecule has 1 aromatic heterocycles. The number of hydrogen-bond acceptors (Lipinski definition) is 4. The van der Waals surface area contributed by atoms with Gasteiger partial charge in [-0.1, -0.05) is 0 Å². The van der Waals surface area contributed by atoms with Gasteiger partial charge in [-0.25, -0.2) is 14.1 Å². The van der Waals surface area contributed by atoms with Crippen molar-refractivity contribution in [2.75, 3.05) is 19.6 Å². The highest BCUT2D eigenvalue weighted by Crippen LogP contribution is 2.31. The minimum Gasteiger partial charge on any atom is -0.349 e. The Morgan fingerprint density at radius 3 is 2.76 bits per heavy atom. The van der Waals surface area contributed by atoms with Gasteiger partial charge in [0.25, 0.3) is 5.91 Å². The first-order valence-electron chi connectivity index (χ1n) is 8.82. The molecule has 1 aliphatic carbocycles. The second-order valence-corrected chi connectivity index (χ2v) is 6.96. The molecule has 2 aliphatic rings. The van der Waals surface area contributed by atoms with Gasteiger partial charge in [0.2, 0.25) is 5.82 Å². The number of likely N-dealkylation sites (tertiary alicyclic amines) is 1. The molecular weight excluding hydrogens is 321 g/mol. The number of aryl methyl sites for hydroxylation is 1. The van der Waals surface area contributed by atoms with Crippen LogP contribution >= 0.6 is 0 Å². The summed E-state index contributed by atoms with van der Waals surface area (Å²) in [5, 5.41) is 7.23. The maximum Gasteiger partial charge on any atom is 0.290 e. The van der Waals surface area contributed by atoms with E-state index in [0.29, 0.717) is 24.0 Å². The molecule has 25 heavy (non-hydrogen) atoms. The van der Waals surface area contributed by atoms with Gasteiger partial charge in [-0.2, -0.15) is 0 Å². The molecule has 0 unspecified atom stereocenters. The van der Waals surface area contributed by atoms with Gasteiger partial charge in [0.05, 0.1) is 5.69 Å². The lowest BCUT2D eigenvalue weighted by molar-refractivity contribution is 0.0937. The van der Waals surface area contributed by atoms with Crippen LogP contribution in [-0.2, 0) is 0 Å². The van der Waals surface area contributed by atoms with Crippen molar-refractivity contribution in [1.82, 2.24) is 25.0 Å².